The van der Waals surface area contributed by atoms with E-state index in [-0.39, 0.29) is 17.8 Å². The van der Waals surface area contributed by atoms with E-state index in [1.807, 2.05) is 13.0 Å². The van der Waals surface area contributed by atoms with Crippen molar-refractivity contribution in [3.05, 3.63) is 93.5 Å². The first kappa shape index (κ1) is 19.3. The number of carbonyl (C=O) groups is 2. The van der Waals surface area contributed by atoms with Crippen molar-refractivity contribution in [2.45, 2.75) is 13.5 Å². The number of halogens is 2. The number of nitrogens with one attached hydrogen (secondary N) is 1. The molecule has 5 nitrogen and oxygen atoms in total. The summed E-state index contributed by atoms with van der Waals surface area (Å²) in [7, 11) is 0. The van der Waals surface area contributed by atoms with Crippen molar-refractivity contribution in [2.75, 3.05) is 5.32 Å². The number of hydrogen-bond donors (Lipinski definition) is 1. The first-order chi connectivity index (χ1) is 13.9. The van der Waals surface area contributed by atoms with Crippen LogP contribution in [0.15, 0.2) is 71.0 Å². The van der Waals surface area contributed by atoms with E-state index in [1.54, 1.807) is 48.5 Å². The number of carbonyl (C=O) groups excluding carboxylic acids is 2. The first-order valence-corrected chi connectivity index (χ1v) is 9.61. The average Bonchev–Trinajstić information content (AvgIpc) is 3.29. The molecule has 146 valence electrons. The fourth-order valence-electron chi connectivity index (χ4n) is 3.14. The first-order valence-electron chi connectivity index (χ1n) is 8.86. The lowest BCUT2D eigenvalue weighted by Gasteiger charge is -2.14. The molecule has 2 amide bonds. The fourth-order valence-corrected chi connectivity index (χ4v) is 3.44. The van der Waals surface area contributed by atoms with Crippen LogP contribution in [0.25, 0.3) is 5.57 Å². The molecule has 1 aliphatic heterocycles. The van der Waals surface area contributed by atoms with Crippen LogP contribution in [0, 0.1) is 6.92 Å². The molecule has 0 atom stereocenters. The second kappa shape index (κ2) is 7.78. The molecule has 7 heteroatoms. The molecule has 0 saturated carbocycles. The summed E-state index contributed by atoms with van der Waals surface area (Å²) in [4.78, 5) is 27.5. The molecule has 4 rings (SSSR count). The Hall–Kier alpha value is -3.02. The number of aryl methyl sites for hydroxylation is 1. The number of nitrogens with zero attached hydrogens (tertiary/aromatic N) is 1. The van der Waals surface area contributed by atoms with E-state index in [2.05, 4.69) is 5.32 Å². The van der Waals surface area contributed by atoms with Gasteiger partial charge < -0.3 is 9.73 Å². The maximum Gasteiger partial charge on any atom is 0.278 e. The summed E-state index contributed by atoms with van der Waals surface area (Å²) in [6.45, 7) is 1.94. The van der Waals surface area contributed by atoms with Gasteiger partial charge in [-0.15, -0.1) is 0 Å². The number of rotatable bonds is 5. The normalized spacial score (nSPS) is 14.1. The second-order valence-electron chi connectivity index (χ2n) is 6.62. The molecule has 1 N–H and O–H groups in total. The SMILES string of the molecule is Cc1ccc(Cl)cc1NC1=C(c2ccc(Cl)cc2)C(=O)N(Cc2ccco2)C1=O. The van der Waals surface area contributed by atoms with Crippen LogP contribution in [0.2, 0.25) is 10.0 Å². The molecule has 0 spiro atoms. The van der Waals surface area contributed by atoms with Crippen molar-refractivity contribution in [1.29, 1.82) is 0 Å². The molecule has 2 heterocycles. The molecule has 0 bridgehead atoms. The van der Waals surface area contributed by atoms with Gasteiger partial charge in [-0.05, 0) is 54.4 Å². The fraction of sp³-hybridized carbons (Fsp3) is 0.0909. The van der Waals surface area contributed by atoms with E-state index >= 15 is 0 Å². The van der Waals surface area contributed by atoms with Gasteiger partial charge in [-0.1, -0.05) is 41.4 Å². The predicted molar refractivity (Wildman–Crippen MR) is 112 cm³/mol. The van der Waals surface area contributed by atoms with Crippen LogP contribution in [-0.4, -0.2) is 16.7 Å². The summed E-state index contributed by atoms with van der Waals surface area (Å²) in [5.74, 6) is -0.325. The molecule has 1 aliphatic rings. The largest absolute Gasteiger partial charge is 0.467 e. The highest BCUT2D eigenvalue weighted by Gasteiger charge is 2.39. The summed E-state index contributed by atoms with van der Waals surface area (Å²) in [6, 6.07) is 15.5. The number of imide groups is 1. The number of anilines is 1. The van der Waals surface area contributed by atoms with Crippen LogP contribution in [0.5, 0.6) is 0 Å². The summed E-state index contributed by atoms with van der Waals surface area (Å²) in [5.41, 5.74) is 2.60. The van der Waals surface area contributed by atoms with Crippen LogP contribution in [0.3, 0.4) is 0 Å². The van der Waals surface area contributed by atoms with Crippen molar-refractivity contribution >= 4 is 46.3 Å². The third kappa shape index (κ3) is 3.79. The molecule has 3 aromatic rings. The van der Waals surface area contributed by atoms with E-state index in [0.29, 0.717) is 27.1 Å². The quantitative estimate of drug-likeness (QED) is 0.563. The molecule has 29 heavy (non-hydrogen) atoms. The topological polar surface area (TPSA) is 62.6 Å². The second-order valence-corrected chi connectivity index (χ2v) is 7.49. The number of furan rings is 1. The van der Waals surface area contributed by atoms with Gasteiger partial charge in [0.1, 0.15) is 11.5 Å². The maximum absolute atomic E-state index is 13.2. The van der Waals surface area contributed by atoms with Gasteiger partial charge in [-0.25, -0.2) is 0 Å². The maximum atomic E-state index is 13.2. The molecule has 0 saturated heterocycles. The van der Waals surface area contributed by atoms with Crippen molar-refractivity contribution in [3.63, 3.8) is 0 Å². The van der Waals surface area contributed by atoms with Crippen LogP contribution < -0.4 is 5.32 Å². The Kier molecular flexibility index (Phi) is 5.18. The summed E-state index contributed by atoms with van der Waals surface area (Å²) >= 11 is 12.1. The van der Waals surface area contributed by atoms with Crippen LogP contribution in [0.4, 0.5) is 5.69 Å². The van der Waals surface area contributed by atoms with Gasteiger partial charge in [0.15, 0.2) is 0 Å². The minimum absolute atomic E-state index is 0.0431. The van der Waals surface area contributed by atoms with Crippen molar-refractivity contribution in [2.24, 2.45) is 0 Å². The van der Waals surface area contributed by atoms with E-state index < -0.39 is 11.8 Å². The van der Waals surface area contributed by atoms with E-state index in [0.717, 1.165) is 10.5 Å². The zero-order chi connectivity index (χ0) is 20.5. The standard InChI is InChI=1S/C22H16Cl2N2O3/c1-13-4-7-16(24)11-18(13)25-20-19(14-5-8-15(23)9-6-14)21(27)26(22(20)28)12-17-3-2-10-29-17/h2-11,25H,12H2,1H3. The Morgan fingerprint density at radius 3 is 2.38 bits per heavy atom. The third-order valence-corrected chi connectivity index (χ3v) is 5.14. The molecule has 0 radical (unpaired) electrons. The Morgan fingerprint density at radius 2 is 1.69 bits per heavy atom. The Balaban J connectivity index is 1.78. The lowest BCUT2D eigenvalue weighted by molar-refractivity contribution is -0.137. The molecule has 1 aromatic heterocycles. The highest BCUT2D eigenvalue weighted by molar-refractivity contribution is 6.37. The zero-order valence-electron chi connectivity index (χ0n) is 15.4. The summed E-state index contributed by atoms with van der Waals surface area (Å²) in [5, 5.41) is 4.19. The predicted octanol–water partition coefficient (Wildman–Crippen LogP) is 5.29. The van der Waals surface area contributed by atoms with Crippen LogP contribution in [0.1, 0.15) is 16.9 Å². The van der Waals surface area contributed by atoms with E-state index in [1.165, 1.54) is 6.26 Å². The lowest BCUT2D eigenvalue weighted by atomic mass is 10.0. The van der Waals surface area contributed by atoms with Gasteiger partial charge in [-0.3, -0.25) is 14.5 Å². The van der Waals surface area contributed by atoms with Crippen molar-refractivity contribution in [1.82, 2.24) is 4.90 Å². The van der Waals surface area contributed by atoms with Gasteiger partial charge in [0.05, 0.1) is 18.4 Å². The third-order valence-electron chi connectivity index (χ3n) is 4.65. The summed E-state index contributed by atoms with van der Waals surface area (Å²) in [6.07, 6.45) is 1.50. The van der Waals surface area contributed by atoms with Gasteiger partial charge in [-0.2, -0.15) is 0 Å². The number of hydrogen-bond acceptors (Lipinski definition) is 4. The van der Waals surface area contributed by atoms with Crippen LogP contribution >= 0.6 is 23.2 Å². The van der Waals surface area contributed by atoms with E-state index in [9.17, 15) is 9.59 Å². The van der Waals surface area contributed by atoms with Gasteiger partial charge in [0.25, 0.3) is 11.8 Å². The molecular formula is C22H16Cl2N2O3. The zero-order valence-corrected chi connectivity index (χ0v) is 16.9. The number of benzene rings is 2. The monoisotopic (exact) mass is 426 g/mol. The van der Waals surface area contributed by atoms with Crippen LogP contribution in [-0.2, 0) is 16.1 Å². The van der Waals surface area contributed by atoms with Crippen molar-refractivity contribution < 1.29 is 14.0 Å². The minimum Gasteiger partial charge on any atom is -0.467 e. The lowest BCUT2D eigenvalue weighted by Crippen LogP contribution is -2.31. The highest BCUT2D eigenvalue weighted by atomic mass is 35.5. The summed E-state index contributed by atoms with van der Waals surface area (Å²) < 4.78 is 5.32. The van der Waals surface area contributed by atoms with Crippen molar-refractivity contribution in [3.8, 4) is 0 Å². The average molecular weight is 427 g/mol. The van der Waals surface area contributed by atoms with Gasteiger partial charge in [0.2, 0.25) is 0 Å². The molecule has 0 fully saturated rings. The minimum atomic E-state index is -0.435. The Bertz CT molecular complexity index is 1120. The van der Waals surface area contributed by atoms with Gasteiger partial charge in [0, 0.05) is 15.7 Å². The van der Waals surface area contributed by atoms with Gasteiger partial charge >= 0.3 is 0 Å². The smallest absolute Gasteiger partial charge is 0.278 e. The highest BCUT2D eigenvalue weighted by Crippen LogP contribution is 2.33. The molecule has 2 aromatic carbocycles. The molecule has 0 aliphatic carbocycles. The Labute approximate surface area is 177 Å². The Morgan fingerprint density at radius 1 is 0.966 bits per heavy atom. The molecule has 0 unspecified atom stereocenters. The number of amides is 2. The molecular weight excluding hydrogens is 411 g/mol. The van der Waals surface area contributed by atoms with E-state index in [4.69, 9.17) is 27.6 Å².